The van der Waals surface area contributed by atoms with Crippen molar-refractivity contribution < 1.29 is 22.7 Å². The summed E-state index contributed by atoms with van der Waals surface area (Å²) in [7, 11) is 1.47. The highest BCUT2D eigenvalue weighted by Gasteiger charge is 2.25. The number of rotatable bonds is 5. The van der Waals surface area contributed by atoms with Crippen molar-refractivity contribution in [2.24, 2.45) is 0 Å². The molecule has 2 aromatic carbocycles. The number of nitrogens with zero attached hydrogens (tertiary/aromatic N) is 2. The molecule has 0 atom stereocenters. The maximum absolute atomic E-state index is 14.1. The standard InChI is InChI=1S/C20H14F2N2O3S/c1-26-16-7-3-2-6-14(16)19(25)24(11-13-5-4-8-27-13)20-23-18-15(22)9-12(21)10-17(18)28-20/h2-10H,11H2,1H3. The molecule has 2 aromatic heterocycles. The molecule has 28 heavy (non-hydrogen) atoms. The SMILES string of the molecule is COc1ccccc1C(=O)N(Cc1ccco1)c1nc2c(F)cc(F)cc2s1. The van der Waals surface area contributed by atoms with Gasteiger partial charge in [0.2, 0.25) is 0 Å². The van der Waals surface area contributed by atoms with Crippen LogP contribution in [0.4, 0.5) is 13.9 Å². The topological polar surface area (TPSA) is 55.6 Å². The predicted molar refractivity (Wildman–Crippen MR) is 102 cm³/mol. The number of anilines is 1. The van der Waals surface area contributed by atoms with Crippen molar-refractivity contribution in [1.82, 2.24) is 4.98 Å². The van der Waals surface area contributed by atoms with Crippen LogP contribution in [0, 0.1) is 11.6 Å². The van der Waals surface area contributed by atoms with E-state index < -0.39 is 17.5 Å². The number of furan rings is 1. The van der Waals surface area contributed by atoms with Crippen molar-refractivity contribution in [3.8, 4) is 5.75 Å². The van der Waals surface area contributed by atoms with Crippen LogP contribution in [0.25, 0.3) is 10.2 Å². The first-order chi connectivity index (χ1) is 13.6. The van der Waals surface area contributed by atoms with E-state index in [9.17, 15) is 13.6 Å². The average molecular weight is 400 g/mol. The lowest BCUT2D eigenvalue weighted by Gasteiger charge is -2.20. The van der Waals surface area contributed by atoms with Crippen LogP contribution >= 0.6 is 11.3 Å². The third kappa shape index (κ3) is 3.34. The monoisotopic (exact) mass is 400 g/mol. The predicted octanol–water partition coefficient (Wildman–Crippen LogP) is 5.02. The molecule has 0 fully saturated rings. The van der Waals surface area contributed by atoms with E-state index in [1.54, 1.807) is 36.4 Å². The third-order valence-corrected chi connectivity index (χ3v) is 5.13. The Bertz CT molecular complexity index is 1140. The van der Waals surface area contributed by atoms with Gasteiger partial charge in [-0.25, -0.2) is 13.8 Å². The van der Waals surface area contributed by atoms with E-state index in [4.69, 9.17) is 9.15 Å². The molecule has 0 unspecified atom stereocenters. The Morgan fingerprint density at radius 2 is 2.04 bits per heavy atom. The van der Waals surface area contributed by atoms with Crippen LogP contribution in [0.1, 0.15) is 16.1 Å². The first kappa shape index (κ1) is 18.1. The van der Waals surface area contributed by atoms with E-state index in [1.165, 1.54) is 24.3 Å². The number of benzene rings is 2. The van der Waals surface area contributed by atoms with Crippen molar-refractivity contribution in [2.75, 3.05) is 12.0 Å². The first-order valence-electron chi connectivity index (χ1n) is 8.29. The molecule has 4 rings (SSSR count). The highest BCUT2D eigenvalue weighted by molar-refractivity contribution is 7.22. The van der Waals surface area contributed by atoms with E-state index in [0.29, 0.717) is 21.8 Å². The molecule has 0 aliphatic carbocycles. The highest BCUT2D eigenvalue weighted by atomic mass is 32.1. The van der Waals surface area contributed by atoms with Crippen LogP contribution in [0.5, 0.6) is 5.75 Å². The number of amides is 1. The second kappa shape index (κ2) is 7.40. The normalized spacial score (nSPS) is 11.0. The van der Waals surface area contributed by atoms with Crippen molar-refractivity contribution in [1.29, 1.82) is 0 Å². The molecule has 0 aliphatic heterocycles. The van der Waals surface area contributed by atoms with Crippen LogP contribution in [0.2, 0.25) is 0 Å². The minimum atomic E-state index is -0.778. The maximum Gasteiger partial charge on any atom is 0.264 e. The molecule has 0 radical (unpaired) electrons. The van der Waals surface area contributed by atoms with Gasteiger partial charge in [-0.1, -0.05) is 23.5 Å². The van der Waals surface area contributed by atoms with Crippen LogP contribution in [0.15, 0.2) is 59.2 Å². The van der Waals surface area contributed by atoms with Crippen LogP contribution < -0.4 is 9.64 Å². The van der Waals surface area contributed by atoms with Gasteiger partial charge in [0, 0.05) is 6.07 Å². The number of fused-ring (bicyclic) bond motifs is 1. The summed E-state index contributed by atoms with van der Waals surface area (Å²) in [6, 6.07) is 12.2. The summed E-state index contributed by atoms with van der Waals surface area (Å²) in [6.45, 7) is 0.0772. The van der Waals surface area contributed by atoms with Gasteiger partial charge < -0.3 is 9.15 Å². The Kier molecular flexibility index (Phi) is 4.79. The van der Waals surface area contributed by atoms with Crippen molar-refractivity contribution in [2.45, 2.75) is 6.54 Å². The van der Waals surface area contributed by atoms with E-state index >= 15 is 0 Å². The Labute approximate surface area is 162 Å². The molecule has 5 nitrogen and oxygen atoms in total. The minimum absolute atomic E-state index is 0.0127. The van der Waals surface area contributed by atoms with Gasteiger partial charge in [-0.3, -0.25) is 9.69 Å². The fourth-order valence-corrected chi connectivity index (χ4v) is 3.81. The van der Waals surface area contributed by atoms with E-state index in [1.807, 2.05) is 0 Å². The summed E-state index contributed by atoms with van der Waals surface area (Å²) in [5.41, 5.74) is 0.334. The number of methoxy groups -OCH3 is 1. The second-order valence-corrected chi connectivity index (χ2v) is 6.91. The number of thiazole rings is 1. The fraction of sp³-hybridized carbons (Fsp3) is 0.100. The lowest BCUT2D eigenvalue weighted by atomic mass is 10.1. The summed E-state index contributed by atoms with van der Waals surface area (Å²) in [4.78, 5) is 18.9. The molecule has 142 valence electrons. The lowest BCUT2D eigenvalue weighted by molar-refractivity contribution is 0.0980. The summed E-state index contributed by atoms with van der Waals surface area (Å²) in [6.07, 6.45) is 1.49. The molecule has 0 spiro atoms. The number of carbonyl (C=O) groups is 1. The Morgan fingerprint density at radius 3 is 2.79 bits per heavy atom. The molecule has 0 saturated heterocycles. The first-order valence-corrected chi connectivity index (χ1v) is 9.11. The van der Waals surface area contributed by atoms with Gasteiger partial charge >= 0.3 is 0 Å². The van der Waals surface area contributed by atoms with Crippen LogP contribution in [-0.2, 0) is 6.54 Å². The zero-order valence-corrected chi connectivity index (χ0v) is 15.5. The zero-order chi connectivity index (χ0) is 19.7. The molecule has 8 heteroatoms. The van der Waals surface area contributed by atoms with E-state index in [2.05, 4.69) is 4.98 Å². The van der Waals surface area contributed by atoms with Crippen molar-refractivity contribution in [3.05, 3.63) is 77.8 Å². The van der Waals surface area contributed by atoms with Crippen LogP contribution in [0.3, 0.4) is 0 Å². The quantitative estimate of drug-likeness (QED) is 0.472. The second-order valence-electron chi connectivity index (χ2n) is 5.90. The fourth-order valence-electron chi connectivity index (χ4n) is 2.81. The van der Waals surface area contributed by atoms with Gasteiger partial charge in [0.05, 0.1) is 30.2 Å². The summed E-state index contributed by atoms with van der Waals surface area (Å²) in [5, 5.41) is 0.229. The number of aromatic nitrogens is 1. The third-order valence-electron chi connectivity index (χ3n) is 4.11. The summed E-state index contributed by atoms with van der Waals surface area (Å²) >= 11 is 1.02. The largest absolute Gasteiger partial charge is 0.496 e. The van der Waals surface area contributed by atoms with E-state index in [0.717, 1.165) is 17.4 Å². The maximum atomic E-state index is 14.1. The number of hydrogen-bond acceptors (Lipinski definition) is 5. The summed E-state index contributed by atoms with van der Waals surface area (Å²) in [5.74, 6) is -0.952. The summed E-state index contributed by atoms with van der Waals surface area (Å²) < 4.78 is 38.6. The zero-order valence-electron chi connectivity index (χ0n) is 14.7. The molecular weight excluding hydrogens is 386 g/mol. The number of ether oxygens (including phenoxy) is 1. The van der Waals surface area contributed by atoms with Crippen LogP contribution in [-0.4, -0.2) is 18.0 Å². The highest BCUT2D eigenvalue weighted by Crippen LogP contribution is 2.33. The Hall–Kier alpha value is -3.26. The molecule has 2 heterocycles. The molecular formula is C20H14F2N2O3S. The molecule has 0 bridgehead atoms. The van der Waals surface area contributed by atoms with Gasteiger partial charge in [-0.2, -0.15) is 0 Å². The Morgan fingerprint density at radius 1 is 1.21 bits per heavy atom. The van der Waals surface area contributed by atoms with Gasteiger partial charge in [0.15, 0.2) is 10.9 Å². The smallest absolute Gasteiger partial charge is 0.264 e. The van der Waals surface area contributed by atoms with Gasteiger partial charge in [-0.05, 0) is 30.3 Å². The Balaban J connectivity index is 1.82. The number of halogens is 2. The molecule has 0 N–H and O–H groups in total. The molecule has 0 aliphatic rings. The molecule has 4 aromatic rings. The minimum Gasteiger partial charge on any atom is -0.496 e. The van der Waals surface area contributed by atoms with Crippen molar-refractivity contribution >= 4 is 32.6 Å². The van der Waals surface area contributed by atoms with E-state index in [-0.39, 0.29) is 17.2 Å². The molecule has 1 amide bonds. The van der Waals surface area contributed by atoms with Gasteiger partial charge in [0.1, 0.15) is 22.8 Å². The van der Waals surface area contributed by atoms with Crippen molar-refractivity contribution in [3.63, 3.8) is 0 Å². The lowest BCUT2D eigenvalue weighted by Crippen LogP contribution is -2.30. The average Bonchev–Trinajstić information content (AvgIpc) is 3.35. The number of para-hydroxylation sites is 1. The number of carbonyl (C=O) groups excluding carboxylic acids is 1. The van der Waals surface area contributed by atoms with Gasteiger partial charge in [-0.15, -0.1) is 0 Å². The molecule has 0 saturated carbocycles. The van der Waals surface area contributed by atoms with Gasteiger partial charge in [0.25, 0.3) is 5.91 Å². The number of hydrogen-bond donors (Lipinski definition) is 0.